The largest absolute Gasteiger partial charge is 0.449 e. The number of benzene rings is 1. The van der Waals surface area contributed by atoms with E-state index in [1.54, 1.807) is 6.07 Å². The van der Waals surface area contributed by atoms with Crippen molar-refractivity contribution < 1.29 is 31.6 Å². The van der Waals surface area contributed by atoms with Gasteiger partial charge in [0.05, 0.1) is 17.1 Å². The summed E-state index contributed by atoms with van der Waals surface area (Å²) in [5, 5.41) is 0. The van der Waals surface area contributed by atoms with Crippen LogP contribution in [0.1, 0.15) is 23.9 Å². The number of hydrogen-bond donors (Lipinski definition) is 0. The number of sulfone groups is 1. The lowest BCUT2D eigenvalue weighted by Gasteiger charge is -2.26. The van der Waals surface area contributed by atoms with Crippen molar-refractivity contribution in [3.8, 4) is 11.3 Å². The van der Waals surface area contributed by atoms with Crippen molar-refractivity contribution in [3.63, 3.8) is 0 Å². The minimum absolute atomic E-state index is 0.0364. The topological polar surface area (TPSA) is 93.9 Å². The molecule has 1 aliphatic rings. The third-order valence-corrected chi connectivity index (χ3v) is 6.43. The first-order chi connectivity index (χ1) is 13.2. The fourth-order valence-corrected chi connectivity index (χ4v) is 4.84. The predicted octanol–water partition coefficient (Wildman–Crippen LogP) is 2.28. The number of amides is 1. The molecule has 0 unspecified atom stereocenters. The molecule has 1 amide bonds. The van der Waals surface area contributed by atoms with E-state index in [1.807, 2.05) is 0 Å². The smallest absolute Gasteiger partial charge is 0.375 e. The summed E-state index contributed by atoms with van der Waals surface area (Å²) in [5.74, 6) is -1.92. The quantitative estimate of drug-likeness (QED) is 0.704. The van der Waals surface area contributed by atoms with E-state index in [0.29, 0.717) is 6.42 Å². The maximum absolute atomic E-state index is 13.8. The Balaban J connectivity index is 1.64. The Labute approximate surface area is 162 Å². The molecule has 0 N–H and O–H groups in total. The number of carbonyl (C=O) groups is 2. The van der Waals surface area contributed by atoms with Gasteiger partial charge in [-0.1, -0.05) is 12.1 Å². The summed E-state index contributed by atoms with van der Waals surface area (Å²) < 4.78 is 47.5. The summed E-state index contributed by atoms with van der Waals surface area (Å²) >= 11 is 0. The fourth-order valence-electron chi connectivity index (χ4n) is 3.07. The van der Waals surface area contributed by atoms with E-state index in [9.17, 15) is 22.4 Å². The van der Waals surface area contributed by atoms with Crippen molar-refractivity contribution in [2.24, 2.45) is 0 Å². The van der Waals surface area contributed by atoms with Gasteiger partial charge in [-0.2, -0.15) is 0 Å². The molecule has 1 aromatic heterocycles. The zero-order valence-corrected chi connectivity index (χ0v) is 16.2. The molecule has 0 spiro atoms. The number of carbonyl (C=O) groups excluding carboxylic acids is 2. The molecule has 150 valence electrons. The molecule has 1 aromatic carbocycles. The number of likely N-dealkylation sites (N-methyl/N-ethyl adjacent to an activating group) is 1. The van der Waals surface area contributed by atoms with Crippen LogP contribution < -0.4 is 0 Å². The van der Waals surface area contributed by atoms with E-state index in [4.69, 9.17) is 9.15 Å². The Morgan fingerprint density at radius 3 is 2.61 bits per heavy atom. The number of ether oxygens (including phenoxy) is 1. The zero-order chi connectivity index (χ0) is 20.5. The average molecular weight is 409 g/mol. The number of esters is 1. The Kier molecular flexibility index (Phi) is 5.55. The monoisotopic (exact) mass is 409 g/mol. The second kappa shape index (κ2) is 7.75. The Morgan fingerprint density at radius 2 is 1.96 bits per heavy atom. The average Bonchev–Trinajstić information content (AvgIpc) is 3.27. The highest BCUT2D eigenvalue weighted by molar-refractivity contribution is 7.91. The molecule has 2 aromatic rings. The highest BCUT2D eigenvalue weighted by Crippen LogP contribution is 2.25. The summed E-state index contributed by atoms with van der Waals surface area (Å²) in [4.78, 5) is 26.0. The summed E-state index contributed by atoms with van der Waals surface area (Å²) in [6, 6.07) is 8.31. The van der Waals surface area contributed by atoms with Crippen LogP contribution in [-0.2, 0) is 19.4 Å². The Morgan fingerprint density at radius 1 is 1.25 bits per heavy atom. The summed E-state index contributed by atoms with van der Waals surface area (Å²) in [7, 11) is -1.65. The molecule has 0 aliphatic carbocycles. The van der Waals surface area contributed by atoms with Crippen LogP contribution >= 0.6 is 0 Å². The van der Waals surface area contributed by atoms with Crippen molar-refractivity contribution in [3.05, 3.63) is 48.0 Å². The molecule has 2 heterocycles. The Bertz CT molecular complexity index is 999. The van der Waals surface area contributed by atoms with Gasteiger partial charge in [0.2, 0.25) is 5.76 Å². The highest BCUT2D eigenvalue weighted by Gasteiger charge is 2.35. The molecule has 2 atom stereocenters. The van der Waals surface area contributed by atoms with Crippen LogP contribution in [0.15, 0.2) is 40.8 Å². The van der Waals surface area contributed by atoms with Gasteiger partial charge in [-0.25, -0.2) is 17.6 Å². The SMILES string of the molecule is C[C@H](OC(=O)c1ccc(-c2ccccc2F)o1)C(=O)N(C)[C@H]1CCS(=O)(=O)C1. The van der Waals surface area contributed by atoms with E-state index < -0.39 is 39.7 Å². The number of rotatable bonds is 5. The molecule has 0 saturated carbocycles. The molecule has 1 fully saturated rings. The second-order valence-corrected chi connectivity index (χ2v) is 8.93. The van der Waals surface area contributed by atoms with Gasteiger partial charge in [-0.3, -0.25) is 4.79 Å². The lowest BCUT2D eigenvalue weighted by atomic mass is 10.1. The number of halogens is 1. The van der Waals surface area contributed by atoms with Crippen molar-refractivity contribution in [2.75, 3.05) is 18.6 Å². The molecule has 1 saturated heterocycles. The van der Waals surface area contributed by atoms with Crippen LogP contribution in [0, 0.1) is 5.82 Å². The first-order valence-corrected chi connectivity index (χ1v) is 10.5. The first kappa shape index (κ1) is 20.1. The summed E-state index contributed by atoms with van der Waals surface area (Å²) in [6.07, 6.45) is -0.766. The molecule has 7 nitrogen and oxygen atoms in total. The van der Waals surface area contributed by atoms with Gasteiger partial charge in [0.25, 0.3) is 5.91 Å². The van der Waals surface area contributed by atoms with Crippen molar-refractivity contribution in [1.82, 2.24) is 4.90 Å². The predicted molar refractivity (Wildman–Crippen MR) is 98.8 cm³/mol. The molecular formula is C19H20FNO6S. The fraction of sp³-hybridized carbons (Fsp3) is 0.368. The van der Waals surface area contributed by atoms with Gasteiger partial charge in [0.15, 0.2) is 15.9 Å². The lowest BCUT2D eigenvalue weighted by Crippen LogP contribution is -2.44. The first-order valence-electron chi connectivity index (χ1n) is 8.71. The summed E-state index contributed by atoms with van der Waals surface area (Å²) in [5.41, 5.74) is 0.202. The van der Waals surface area contributed by atoms with E-state index in [-0.39, 0.29) is 28.6 Å². The van der Waals surface area contributed by atoms with E-state index >= 15 is 0 Å². The normalized spacial score (nSPS) is 19.2. The maximum Gasteiger partial charge on any atom is 0.375 e. The van der Waals surface area contributed by atoms with E-state index in [2.05, 4.69) is 0 Å². The zero-order valence-electron chi connectivity index (χ0n) is 15.4. The molecule has 3 rings (SSSR count). The molecule has 1 aliphatic heterocycles. The van der Waals surface area contributed by atoms with Crippen LogP contribution in [0.25, 0.3) is 11.3 Å². The molecule has 0 radical (unpaired) electrons. The minimum atomic E-state index is -3.14. The van der Waals surface area contributed by atoms with Gasteiger partial charge in [0.1, 0.15) is 11.6 Å². The van der Waals surface area contributed by atoms with E-state index in [1.165, 1.54) is 49.2 Å². The summed E-state index contributed by atoms with van der Waals surface area (Å²) in [6.45, 7) is 1.40. The third-order valence-electron chi connectivity index (χ3n) is 4.68. The van der Waals surface area contributed by atoms with Crippen molar-refractivity contribution in [2.45, 2.75) is 25.5 Å². The third kappa shape index (κ3) is 4.24. The molecule has 9 heteroatoms. The minimum Gasteiger partial charge on any atom is -0.449 e. The second-order valence-electron chi connectivity index (χ2n) is 6.70. The number of furan rings is 1. The number of hydrogen-bond acceptors (Lipinski definition) is 6. The van der Waals surface area contributed by atoms with Crippen LogP contribution in [0.2, 0.25) is 0 Å². The number of nitrogens with zero attached hydrogens (tertiary/aromatic N) is 1. The van der Waals surface area contributed by atoms with Gasteiger partial charge >= 0.3 is 5.97 Å². The lowest BCUT2D eigenvalue weighted by molar-refractivity contribution is -0.140. The van der Waals surface area contributed by atoms with Crippen LogP contribution in [0.5, 0.6) is 0 Å². The van der Waals surface area contributed by atoms with Crippen LogP contribution in [0.4, 0.5) is 4.39 Å². The molecule has 28 heavy (non-hydrogen) atoms. The standard InChI is InChI=1S/C19H20FNO6S/c1-12(18(22)21(2)13-9-10-28(24,25)11-13)26-19(23)17-8-7-16(27-17)14-5-3-4-6-15(14)20/h3-8,12-13H,9-11H2,1-2H3/t12-,13-/m0/s1. The van der Waals surface area contributed by atoms with Gasteiger partial charge in [0, 0.05) is 13.1 Å². The van der Waals surface area contributed by atoms with E-state index in [0.717, 1.165) is 0 Å². The Hall–Kier alpha value is -2.68. The van der Waals surface area contributed by atoms with Gasteiger partial charge in [-0.15, -0.1) is 0 Å². The van der Waals surface area contributed by atoms with Crippen LogP contribution in [0.3, 0.4) is 0 Å². The maximum atomic E-state index is 13.8. The molecular weight excluding hydrogens is 389 g/mol. The van der Waals surface area contributed by atoms with Crippen LogP contribution in [-0.4, -0.2) is 55.9 Å². The molecule has 0 bridgehead atoms. The van der Waals surface area contributed by atoms with Crippen molar-refractivity contribution >= 4 is 21.7 Å². The van der Waals surface area contributed by atoms with Crippen molar-refractivity contribution in [1.29, 1.82) is 0 Å². The highest BCUT2D eigenvalue weighted by atomic mass is 32.2. The van der Waals surface area contributed by atoms with Gasteiger partial charge in [-0.05, 0) is 37.6 Å². The van der Waals surface area contributed by atoms with Gasteiger partial charge < -0.3 is 14.1 Å².